The molecule has 6 heteroatoms. The summed E-state index contributed by atoms with van der Waals surface area (Å²) < 4.78 is 6.32. The molecule has 0 amide bonds. The highest BCUT2D eigenvalue weighted by Crippen LogP contribution is 2.21. The smallest absolute Gasteiger partial charge is 0.337 e. The van der Waals surface area contributed by atoms with Crippen LogP contribution in [0.3, 0.4) is 0 Å². The van der Waals surface area contributed by atoms with Gasteiger partial charge in [-0.1, -0.05) is 12.1 Å². The summed E-state index contributed by atoms with van der Waals surface area (Å²) in [5.74, 6) is -0.136. The predicted molar refractivity (Wildman–Crippen MR) is 74.2 cm³/mol. The summed E-state index contributed by atoms with van der Waals surface area (Å²) in [6, 6.07) is 10.9. The minimum absolute atomic E-state index is 0.227. The number of hydrogen-bond acceptors (Lipinski definition) is 5. The van der Waals surface area contributed by atoms with E-state index in [-0.39, 0.29) is 11.9 Å². The molecule has 20 heavy (non-hydrogen) atoms. The summed E-state index contributed by atoms with van der Waals surface area (Å²) in [4.78, 5) is 15.6. The Labute approximate surface area is 114 Å². The van der Waals surface area contributed by atoms with Crippen molar-refractivity contribution in [1.29, 1.82) is 0 Å². The van der Waals surface area contributed by atoms with Gasteiger partial charge in [0, 0.05) is 11.8 Å². The second-order valence-electron chi connectivity index (χ2n) is 4.26. The molecule has 2 N–H and O–H groups in total. The van der Waals surface area contributed by atoms with Crippen molar-refractivity contribution in [2.75, 3.05) is 12.8 Å². The first kappa shape index (κ1) is 12.2. The summed E-state index contributed by atoms with van der Waals surface area (Å²) in [7, 11) is 1.36. The number of benzene rings is 1. The molecule has 0 bridgehead atoms. The van der Waals surface area contributed by atoms with Crippen LogP contribution in [0.15, 0.2) is 42.6 Å². The number of rotatable bonds is 2. The number of methoxy groups -OCH3 is 1. The average Bonchev–Trinajstić information content (AvgIpc) is 2.85. The number of nitrogens with two attached hydrogens (primary N) is 1. The largest absolute Gasteiger partial charge is 0.465 e. The van der Waals surface area contributed by atoms with Crippen molar-refractivity contribution in [1.82, 2.24) is 14.6 Å². The maximum absolute atomic E-state index is 11.5. The van der Waals surface area contributed by atoms with E-state index in [0.717, 1.165) is 11.1 Å². The summed E-state index contributed by atoms with van der Waals surface area (Å²) in [5, 5.41) is 4.06. The molecule has 0 saturated heterocycles. The lowest BCUT2D eigenvalue weighted by atomic mass is 10.0. The van der Waals surface area contributed by atoms with Crippen LogP contribution < -0.4 is 5.73 Å². The monoisotopic (exact) mass is 268 g/mol. The Morgan fingerprint density at radius 3 is 2.90 bits per heavy atom. The van der Waals surface area contributed by atoms with Crippen LogP contribution in [0.4, 0.5) is 5.95 Å². The summed E-state index contributed by atoms with van der Waals surface area (Å²) in [6.45, 7) is 0. The van der Waals surface area contributed by atoms with Crippen LogP contribution in [0.1, 0.15) is 10.4 Å². The molecule has 1 aromatic carbocycles. The van der Waals surface area contributed by atoms with Crippen molar-refractivity contribution in [3.8, 4) is 11.1 Å². The zero-order valence-corrected chi connectivity index (χ0v) is 10.8. The number of anilines is 1. The number of esters is 1. The number of nitrogen functional groups attached to an aromatic ring is 1. The highest BCUT2D eigenvalue weighted by Gasteiger charge is 2.08. The maximum Gasteiger partial charge on any atom is 0.337 e. The van der Waals surface area contributed by atoms with Gasteiger partial charge in [0.15, 0.2) is 5.65 Å². The van der Waals surface area contributed by atoms with E-state index in [2.05, 4.69) is 10.1 Å². The van der Waals surface area contributed by atoms with Crippen LogP contribution in [0.2, 0.25) is 0 Å². The van der Waals surface area contributed by atoms with E-state index in [9.17, 15) is 4.79 Å². The molecular formula is C14H12N4O2. The fraction of sp³-hybridized carbons (Fsp3) is 0.0714. The molecule has 6 nitrogen and oxygen atoms in total. The van der Waals surface area contributed by atoms with Gasteiger partial charge in [-0.05, 0) is 29.8 Å². The second-order valence-corrected chi connectivity index (χ2v) is 4.26. The first-order valence-corrected chi connectivity index (χ1v) is 5.98. The van der Waals surface area contributed by atoms with E-state index in [1.165, 1.54) is 7.11 Å². The molecule has 0 atom stereocenters. The van der Waals surface area contributed by atoms with Gasteiger partial charge in [-0.3, -0.25) is 0 Å². The molecule has 0 radical (unpaired) electrons. The van der Waals surface area contributed by atoms with Crippen LogP contribution in [0, 0.1) is 0 Å². The van der Waals surface area contributed by atoms with Crippen LogP contribution in [0.25, 0.3) is 16.8 Å². The summed E-state index contributed by atoms with van der Waals surface area (Å²) >= 11 is 0. The van der Waals surface area contributed by atoms with E-state index < -0.39 is 0 Å². The number of fused-ring (bicyclic) bond motifs is 1. The van der Waals surface area contributed by atoms with Crippen molar-refractivity contribution in [3.05, 3.63) is 48.2 Å². The zero-order valence-electron chi connectivity index (χ0n) is 10.8. The standard InChI is InChI=1S/C14H12N4O2/c1-20-13(19)10-4-2-3-9(7-10)11-5-6-12-16-14(15)17-18(12)8-11/h2-8H,1H3,(H2,15,17). The fourth-order valence-corrected chi connectivity index (χ4v) is 2.01. The number of hydrogen-bond donors (Lipinski definition) is 1. The van der Waals surface area contributed by atoms with Crippen LogP contribution in [-0.2, 0) is 4.74 Å². The molecule has 2 aromatic heterocycles. The Morgan fingerprint density at radius 2 is 2.10 bits per heavy atom. The Bertz CT molecular complexity index is 795. The first-order valence-electron chi connectivity index (χ1n) is 5.98. The molecular weight excluding hydrogens is 256 g/mol. The van der Waals surface area contributed by atoms with Gasteiger partial charge in [-0.2, -0.15) is 4.98 Å². The van der Waals surface area contributed by atoms with Crippen molar-refractivity contribution in [2.45, 2.75) is 0 Å². The lowest BCUT2D eigenvalue weighted by Gasteiger charge is -2.04. The zero-order chi connectivity index (χ0) is 14.1. The van der Waals surface area contributed by atoms with Crippen molar-refractivity contribution < 1.29 is 9.53 Å². The number of pyridine rings is 1. The van der Waals surface area contributed by atoms with Crippen LogP contribution in [0.5, 0.6) is 0 Å². The van der Waals surface area contributed by atoms with Gasteiger partial charge in [-0.15, -0.1) is 5.10 Å². The van der Waals surface area contributed by atoms with Crippen LogP contribution in [-0.4, -0.2) is 27.7 Å². The Morgan fingerprint density at radius 1 is 1.25 bits per heavy atom. The van der Waals surface area contributed by atoms with E-state index in [4.69, 9.17) is 10.5 Å². The number of carbonyl (C=O) groups excluding carboxylic acids is 1. The lowest BCUT2D eigenvalue weighted by molar-refractivity contribution is 0.0601. The molecule has 0 saturated carbocycles. The fourth-order valence-electron chi connectivity index (χ4n) is 2.01. The highest BCUT2D eigenvalue weighted by atomic mass is 16.5. The predicted octanol–water partition coefficient (Wildman–Crippen LogP) is 1.77. The van der Waals surface area contributed by atoms with E-state index in [1.54, 1.807) is 16.6 Å². The molecule has 0 aliphatic rings. The molecule has 0 spiro atoms. The van der Waals surface area contributed by atoms with Gasteiger partial charge in [0.25, 0.3) is 0 Å². The Kier molecular flexibility index (Phi) is 2.83. The first-order chi connectivity index (χ1) is 9.67. The van der Waals surface area contributed by atoms with Crippen molar-refractivity contribution >= 4 is 17.6 Å². The van der Waals surface area contributed by atoms with E-state index in [1.807, 2.05) is 30.5 Å². The van der Waals surface area contributed by atoms with E-state index in [0.29, 0.717) is 11.2 Å². The Hall–Kier alpha value is -2.89. The van der Waals surface area contributed by atoms with Gasteiger partial charge in [0.1, 0.15) is 0 Å². The molecule has 0 fully saturated rings. The van der Waals surface area contributed by atoms with E-state index >= 15 is 0 Å². The number of aromatic nitrogens is 3. The van der Waals surface area contributed by atoms with Gasteiger partial charge in [-0.25, -0.2) is 9.31 Å². The molecule has 100 valence electrons. The molecule has 0 unspecified atom stereocenters. The van der Waals surface area contributed by atoms with Crippen molar-refractivity contribution in [3.63, 3.8) is 0 Å². The van der Waals surface area contributed by atoms with Crippen LogP contribution >= 0.6 is 0 Å². The third-order valence-corrected chi connectivity index (χ3v) is 2.96. The summed E-state index contributed by atoms with van der Waals surface area (Å²) in [6.07, 6.45) is 1.81. The average molecular weight is 268 g/mol. The molecule has 3 aromatic rings. The third kappa shape index (κ3) is 2.07. The molecule has 0 aliphatic heterocycles. The molecule has 2 heterocycles. The minimum atomic E-state index is -0.363. The van der Waals surface area contributed by atoms with Crippen molar-refractivity contribution in [2.24, 2.45) is 0 Å². The maximum atomic E-state index is 11.5. The Balaban J connectivity index is 2.08. The molecule has 0 aliphatic carbocycles. The second kappa shape index (κ2) is 4.65. The quantitative estimate of drug-likeness (QED) is 0.716. The SMILES string of the molecule is COC(=O)c1cccc(-c2ccc3nc(N)nn3c2)c1. The highest BCUT2D eigenvalue weighted by molar-refractivity contribution is 5.90. The van der Waals surface area contributed by atoms with Gasteiger partial charge in [0.2, 0.25) is 5.95 Å². The minimum Gasteiger partial charge on any atom is -0.465 e. The number of ether oxygens (including phenoxy) is 1. The molecule has 3 rings (SSSR count). The summed E-state index contributed by atoms with van der Waals surface area (Å²) in [5.41, 5.74) is 8.54. The number of carbonyl (C=O) groups is 1. The number of nitrogens with zero attached hydrogens (tertiary/aromatic N) is 3. The van der Waals surface area contributed by atoms with Gasteiger partial charge < -0.3 is 10.5 Å². The normalized spacial score (nSPS) is 10.7. The van der Waals surface area contributed by atoms with Gasteiger partial charge in [0.05, 0.1) is 12.7 Å². The van der Waals surface area contributed by atoms with Gasteiger partial charge >= 0.3 is 5.97 Å². The topological polar surface area (TPSA) is 82.5 Å². The third-order valence-electron chi connectivity index (χ3n) is 2.96. The lowest BCUT2D eigenvalue weighted by Crippen LogP contribution is -2.00.